The molecule has 4 nitrogen and oxygen atoms in total. The van der Waals surface area contributed by atoms with Crippen LogP contribution in [0, 0.1) is 5.41 Å². The molecule has 0 radical (unpaired) electrons. The lowest BCUT2D eigenvalue weighted by molar-refractivity contribution is 0.0480. The molecule has 40 heavy (non-hydrogen) atoms. The lowest BCUT2D eigenvalue weighted by Crippen LogP contribution is -2.39. The van der Waals surface area contributed by atoms with Gasteiger partial charge in [0, 0.05) is 35.1 Å². The molecule has 0 aliphatic heterocycles. The van der Waals surface area contributed by atoms with E-state index in [1.165, 1.54) is 6.07 Å². The molecule has 1 heterocycles. The first-order valence-corrected chi connectivity index (χ1v) is 13.2. The smallest absolute Gasteiger partial charge is 0.299 e. The molecule has 1 aromatic heterocycles. The minimum absolute atomic E-state index is 0.0137. The number of aromatic nitrogens is 1. The Morgan fingerprint density at radius 3 is 2.00 bits per heavy atom. The van der Waals surface area contributed by atoms with Crippen LogP contribution in [0.25, 0.3) is 22.3 Å². The molecular formula is C34H28F2N4. The number of halogens is 2. The molecule has 1 aliphatic carbocycles. The van der Waals surface area contributed by atoms with Gasteiger partial charge in [0.2, 0.25) is 0 Å². The molecule has 0 saturated carbocycles. The molecule has 5 aromatic rings. The van der Waals surface area contributed by atoms with Gasteiger partial charge in [0.25, 0.3) is 5.92 Å². The first-order chi connectivity index (χ1) is 19.4. The minimum atomic E-state index is -3.18. The van der Waals surface area contributed by atoms with Gasteiger partial charge < -0.3 is 5.32 Å². The van der Waals surface area contributed by atoms with E-state index in [1.807, 2.05) is 78.9 Å². The third kappa shape index (κ3) is 4.78. The first kappa shape index (κ1) is 25.6. The number of fused-ring (bicyclic) bond motifs is 3. The van der Waals surface area contributed by atoms with Crippen LogP contribution in [0.1, 0.15) is 46.9 Å². The Labute approximate surface area is 232 Å². The molecule has 0 fully saturated rings. The van der Waals surface area contributed by atoms with Crippen molar-refractivity contribution in [3.8, 4) is 22.3 Å². The number of nitrogens with zero attached hydrogens (tertiary/aromatic N) is 1. The average molecular weight is 531 g/mol. The number of alkyl halides is 2. The van der Waals surface area contributed by atoms with Crippen molar-refractivity contribution in [3.05, 3.63) is 149 Å². The van der Waals surface area contributed by atoms with Crippen molar-refractivity contribution in [2.45, 2.75) is 25.1 Å². The summed E-state index contributed by atoms with van der Waals surface area (Å²) in [5, 5.41) is 15.6. The second-order valence-corrected chi connectivity index (χ2v) is 9.99. The molecule has 198 valence electrons. The largest absolute Gasteiger partial charge is 0.351 e. The Hall–Kier alpha value is -4.68. The number of amidine groups is 1. The summed E-state index contributed by atoms with van der Waals surface area (Å²) in [6.07, 6.45) is 2.90. The fourth-order valence-corrected chi connectivity index (χ4v) is 5.28. The molecule has 2 atom stereocenters. The molecule has 6 rings (SSSR count). The normalized spacial score (nSPS) is 14.6. The Balaban J connectivity index is 1.29. The highest BCUT2D eigenvalue weighted by atomic mass is 19.3. The molecule has 1 aliphatic rings. The second-order valence-electron chi connectivity index (χ2n) is 9.99. The summed E-state index contributed by atoms with van der Waals surface area (Å²) < 4.78 is 31.7. The van der Waals surface area contributed by atoms with Crippen molar-refractivity contribution >= 4 is 5.84 Å². The van der Waals surface area contributed by atoms with Crippen molar-refractivity contribution in [1.29, 1.82) is 5.41 Å². The molecule has 0 saturated heterocycles. The van der Waals surface area contributed by atoms with Crippen LogP contribution in [0.15, 0.2) is 122 Å². The summed E-state index contributed by atoms with van der Waals surface area (Å²) >= 11 is 0. The highest BCUT2D eigenvalue weighted by Crippen LogP contribution is 2.52. The fraction of sp³-hybridized carbons (Fsp3) is 0.118. The molecule has 0 spiro atoms. The summed E-state index contributed by atoms with van der Waals surface area (Å²) in [5.74, 6) is -3.11. The number of benzene rings is 4. The molecule has 2 unspecified atom stereocenters. The Morgan fingerprint density at radius 2 is 1.32 bits per heavy atom. The summed E-state index contributed by atoms with van der Waals surface area (Å²) in [5.41, 5.74) is 4.91. The lowest BCUT2D eigenvalue weighted by atomic mass is 9.99. The van der Waals surface area contributed by atoms with Gasteiger partial charge >= 0.3 is 0 Å². The Bertz CT molecular complexity index is 1650. The van der Waals surface area contributed by atoms with Gasteiger partial charge in [-0.3, -0.25) is 15.7 Å². The molecule has 6 heteroatoms. The zero-order valence-corrected chi connectivity index (χ0v) is 21.9. The topological polar surface area (TPSA) is 60.8 Å². The number of rotatable bonds is 7. The summed E-state index contributed by atoms with van der Waals surface area (Å²) in [4.78, 5) is 4.02. The zero-order chi connectivity index (χ0) is 27.7. The van der Waals surface area contributed by atoms with Crippen molar-refractivity contribution in [2.24, 2.45) is 0 Å². The third-order valence-electron chi connectivity index (χ3n) is 7.45. The predicted molar refractivity (Wildman–Crippen MR) is 155 cm³/mol. The summed E-state index contributed by atoms with van der Waals surface area (Å²) in [7, 11) is 0. The van der Waals surface area contributed by atoms with Crippen LogP contribution in [-0.4, -0.2) is 10.8 Å². The second kappa shape index (κ2) is 10.5. The van der Waals surface area contributed by atoms with E-state index >= 15 is 8.78 Å². The van der Waals surface area contributed by atoms with Crippen LogP contribution in [0.4, 0.5) is 8.78 Å². The van der Waals surface area contributed by atoms with E-state index in [2.05, 4.69) is 22.5 Å². The fourth-order valence-electron chi connectivity index (χ4n) is 5.28. The number of hydrogen-bond acceptors (Lipinski definition) is 3. The van der Waals surface area contributed by atoms with Crippen LogP contribution in [-0.2, 0) is 5.92 Å². The number of nitrogens with one attached hydrogen (secondary N) is 3. The quantitative estimate of drug-likeness (QED) is 0.114. The Morgan fingerprint density at radius 1 is 0.725 bits per heavy atom. The molecule has 3 N–H and O–H groups in total. The van der Waals surface area contributed by atoms with Gasteiger partial charge in [-0.1, -0.05) is 84.9 Å². The van der Waals surface area contributed by atoms with Gasteiger partial charge in [-0.15, -0.1) is 0 Å². The van der Waals surface area contributed by atoms with E-state index < -0.39 is 12.1 Å². The first-order valence-electron chi connectivity index (χ1n) is 13.2. The van der Waals surface area contributed by atoms with Gasteiger partial charge in [0.15, 0.2) is 0 Å². The van der Waals surface area contributed by atoms with Gasteiger partial charge in [-0.2, -0.15) is 8.78 Å². The van der Waals surface area contributed by atoms with Crippen LogP contribution in [0.3, 0.4) is 0 Å². The third-order valence-corrected chi connectivity index (χ3v) is 7.45. The van der Waals surface area contributed by atoms with Gasteiger partial charge in [0.05, 0.1) is 0 Å². The van der Waals surface area contributed by atoms with Gasteiger partial charge in [0.1, 0.15) is 12.0 Å². The molecule has 4 aromatic carbocycles. The minimum Gasteiger partial charge on any atom is -0.351 e. The van der Waals surface area contributed by atoms with E-state index in [1.54, 1.807) is 36.7 Å². The van der Waals surface area contributed by atoms with Crippen molar-refractivity contribution in [3.63, 3.8) is 0 Å². The van der Waals surface area contributed by atoms with Crippen LogP contribution in [0.5, 0.6) is 0 Å². The van der Waals surface area contributed by atoms with Crippen molar-refractivity contribution in [2.75, 3.05) is 0 Å². The molecular weight excluding hydrogens is 502 g/mol. The van der Waals surface area contributed by atoms with Crippen molar-refractivity contribution < 1.29 is 8.78 Å². The monoisotopic (exact) mass is 530 g/mol. The highest BCUT2D eigenvalue weighted by molar-refractivity contribution is 5.98. The predicted octanol–water partition coefficient (Wildman–Crippen LogP) is 7.83. The van der Waals surface area contributed by atoms with E-state index in [4.69, 9.17) is 5.41 Å². The van der Waals surface area contributed by atoms with Crippen LogP contribution >= 0.6 is 0 Å². The summed E-state index contributed by atoms with van der Waals surface area (Å²) in [6, 6.07) is 33.5. The number of hydrogen-bond donors (Lipinski definition) is 3. The summed E-state index contributed by atoms with van der Waals surface area (Å²) in [6.45, 7) is 2.06. The lowest BCUT2D eigenvalue weighted by Gasteiger charge is -2.26. The maximum absolute atomic E-state index is 15.8. The van der Waals surface area contributed by atoms with E-state index in [0.717, 1.165) is 16.7 Å². The molecule has 0 amide bonds. The van der Waals surface area contributed by atoms with E-state index in [-0.39, 0.29) is 23.0 Å². The van der Waals surface area contributed by atoms with Crippen LogP contribution < -0.4 is 10.6 Å². The van der Waals surface area contributed by atoms with E-state index in [9.17, 15) is 0 Å². The highest BCUT2D eigenvalue weighted by Gasteiger charge is 2.44. The van der Waals surface area contributed by atoms with Gasteiger partial charge in [-0.25, -0.2) is 0 Å². The maximum atomic E-state index is 15.8. The number of pyridine rings is 1. The van der Waals surface area contributed by atoms with Gasteiger partial charge in [-0.05, 0) is 64.6 Å². The SMILES string of the molecule is CC(NC(NC(=N)c1ccc2c(c1)C(F)(F)c1cc(-c3ccncc3)ccc1-2)c1ccccc1)c1ccccc1. The molecule has 0 bridgehead atoms. The maximum Gasteiger partial charge on any atom is 0.299 e. The Kier molecular flexibility index (Phi) is 6.70. The van der Waals surface area contributed by atoms with Crippen LogP contribution in [0.2, 0.25) is 0 Å². The average Bonchev–Trinajstić information content (AvgIpc) is 3.23. The zero-order valence-electron chi connectivity index (χ0n) is 21.9. The van der Waals surface area contributed by atoms with Crippen molar-refractivity contribution in [1.82, 2.24) is 15.6 Å². The standard InChI is InChI=1S/C34H28F2N4/c1-22(23-8-4-2-5-9-23)39-33(25-10-6-3-7-11-25)40-32(37)27-13-15-29-28-14-12-26(24-16-18-38-19-17-24)20-30(28)34(35,36)31(29)21-27/h2-22,33,39H,1H3,(H2,37,40). The van der Waals surface area contributed by atoms with E-state index in [0.29, 0.717) is 22.3 Å².